The second kappa shape index (κ2) is 8.01. The van der Waals surface area contributed by atoms with Crippen molar-refractivity contribution in [2.24, 2.45) is 0 Å². The molecule has 5 nitrogen and oxygen atoms in total. The third-order valence-electron chi connectivity index (χ3n) is 5.39. The molecule has 1 amide bonds. The lowest BCUT2D eigenvalue weighted by atomic mass is 10.0. The zero-order valence-electron chi connectivity index (χ0n) is 15.8. The van der Waals surface area contributed by atoms with Gasteiger partial charge in [-0.2, -0.15) is 0 Å². The van der Waals surface area contributed by atoms with Crippen molar-refractivity contribution in [3.63, 3.8) is 0 Å². The van der Waals surface area contributed by atoms with Crippen molar-refractivity contribution in [3.8, 4) is 11.5 Å². The maximum absolute atomic E-state index is 13.2. The van der Waals surface area contributed by atoms with Gasteiger partial charge in [0.05, 0.1) is 6.04 Å². The van der Waals surface area contributed by atoms with Crippen molar-refractivity contribution in [2.75, 3.05) is 39.9 Å². The Labute approximate surface area is 160 Å². The fourth-order valence-electron chi connectivity index (χ4n) is 3.86. The molecule has 2 heterocycles. The number of amides is 1. The van der Waals surface area contributed by atoms with E-state index in [9.17, 15) is 4.79 Å². The standard InChI is InChI=1S/C22H26N2O3/c1-23(22(25)18-9-10-20-21(15-18)27-14-13-26-20)19(16-24-11-5-6-12-24)17-7-3-2-4-8-17/h2-4,7-10,15,19H,5-6,11-14,16H2,1H3/t19-/m1/s1. The topological polar surface area (TPSA) is 42.0 Å². The summed E-state index contributed by atoms with van der Waals surface area (Å²) in [7, 11) is 1.90. The van der Waals surface area contributed by atoms with Crippen molar-refractivity contribution in [3.05, 3.63) is 59.7 Å². The number of carbonyl (C=O) groups is 1. The highest BCUT2D eigenvalue weighted by Gasteiger charge is 2.27. The van der Waals surface area contributed by atoms with Crippen LogP contribution in [0, 0.1) is 0 Å². The Kier molecular flexibility index (Phi) is 5.30. The van der Waals surface area contributed by atoms with Gasteiger partial charge in [-0.15, -0.1) is 0 Å². The second-order valence-corrected chi connectivity index (χ2v) is 7.21. The summed E-state index contributed by atoms with van der Waals surface area (Å²) in [4.78, 5) is 17.5. The molecule has 0 bridgehead atoms. The fourth-order valence-corrected chi connectivity index (χ4v) is 3.86. The number of carbonyl (C=O) groups excluding carboxylic acids is 1. The normalized spacial score (nSPS) is 17.5. The maximum Gasteiger partial charge on any atom is 0.254 e. The molecule has 1 saturated heterocycles. The molecule has 2 aliphatic rings. The molecule has 2 aliphatic heterocycles. The van der Waals surface area contributed by atoms with Gasteiger partial charge >= 0.3 is 0 Å². The van der Waals surface area contributed by atoms with Crippen LogP contribution in [-0.4, -0.2) is 55.6 Å². The van der Waals surface area contributed by atoms with E-state index in [2.05, 4.69) is 17.0 Å². The number of hydrogen-bond acceptors (Lipinski definition) is 4. The minimum absolute atomic E-state index is 0.0000217. The second-order valence-electron chi connectivity index (χ2n) is 7.21. The lowest BCUT2D eigenvalue weighted by Crippen LogP contribution is -2.38. The van der Waals surface area contributed by atoms with E-state index in [1.807, 2.05) is 42.3 Å². The first-order valence-electron chi connectivity index (χ1n) is 9.66. The molecule has 27 heavy (non-hydrogen) atoms. The van der Waals surface area contributed by atoms with Gasteiger partial charge in [0.15, 0.2) is 11.5 Å². The molecule has 4 rings (SSSR count). The number of nitrogens with zero attached hydrogens (tertiary/aromatic N) is 2. The first kappa shape index (κ1) is 17.9. The summed E-state index contributed by atoms with van der Waals surface area (Å²) in [6.45, 7) is 4.13. The van der Waals surface area contributed by atoms with E-state index in [0.29, 0.717) is 30.3 Å². The lowest BCUT2D eigenvalue weighted by Gasteiger charge is -2.32. The van der Waals surface area contributed by atoms with Crippen LogP contribution in [0.25, 0.3) is 0 Å². The summed E-state index contributed by atoms with van der Waals surface area (Å²) < 4.78 is 11.2. The van der Waals surface area contributed by atoms with Crippen LogP contribution in [0.4, 0.5) is 0 Å². The summed E-state index contributed by atoms with van der Waals surface area (Å²) in [6, 6.07) is 15.8. The third-order valence-corrected chi connectivity index (χ3v) is 5.39. The average molecular weight is 366 g/mol. The van der Waals surface area contributed by atoms with Crippen molar-refractivity contribution in [1.82, 2.24) is 9.80 Å². The fraction of sp³-hybridized carbons (Fsp3) is 0.409. The Morgan fingerprint density at radius 3 is 2.48 bits per heavy atom. The molecule has 0 unspecified atom stereocenters. The van der Waals surface area contributed by atoms with Gasteiger partial charge in [-0.3, -0.25) is 4.79 Å². The molecular formula is C22H26N2O3. The summed E-state index contributed by atoms with van der Waals surface area (Å²) in [5.74, 6) is 1.36. The van der Waals surface area contributed by atoms with E-state index in [4.69, 9.17) is 9.47 Å². The van der Waals surface area contributed by atoms with E-state index in [0.717, 1.165) is 25.2 Å². The van der Waals surface area contributed by atoms with Crippen molar-refractivity contribution >= 4 is 5.91 Å². The molecule has 0 spiro atoms. The zero-order valence-corrected chi connectivity index (χ0v) is 15.8. The minimum Gasteiger partial charge on any atom is -0.486 e. The van der Waals surface area contributed by atoms with Gasteiger partial charge in [-0.25, -0.2) is 0 Å². The molecular weight excluding hydrogens is 340 g/mol. The minimum atomic E-state index is 0.0000217. The Balaban J connectivity index is 1.58. The number of likely N-dealkylation sites (tertiary alicyclic amines) is 1. The molecule has 0 aliphatic carbocycles. The van der Waals surface area contributed by atoms with Crippen LogP contribution in [0.3, 0.4) is 0 Å². The summed E-state index contributed by atoms with van der Waals surface area (Å²) in [5, 5.41) is 0. The van der Waals surface area contributed by atoms with Gasteiger partial charge in [0.1, 0.15) is 13.2 Å². The number of ether oxygens (including phenoxy) is 2. The smallest absolute Gasteiger partial charge is 0.254 e. The van der Waals surface area contributed by atoms with Gasteiger partial charge in [0, 0.05) is 19.2 Å². The van der Waals surface area contributed by atoms with Crippen LogP contribution in [-0.2, 0) is 0 Å². The highest BCUT2D eigenvalue weighted by molar-refractivity contribution is 5.95. The molecule has 142 valence electrons. The van der Waals surface area contributed by atoms with E-state index >= 15 is 0 Å². The first-order valence-corrected chi connectivity index (χ1v) is 9.66. The zero-order chi connectivity index (χ0) is 18.6. The van der Waals surface area contributed by atoms with Crippen LogP contribution >= 0.6 is 0 Å². The average Bonchev–Trinajstić information content (AvgIpc) is 3.24. The quantitative estimate of drug-likeness (QED) is 0.814. The molecule has 1 fully saturated rings. The van der Waals surface area contributed by atoms with Crippen LogP contribution in [0.15, 0.2) is 48.5 Å². The Morgan fingerprint density at radius 2 is 1.74 bits per heavy atom. The van der Waals surface area contributed by atoms with E-state index < -0.39 is 0 Å². The summed E-state index contributed by atoms with van der Waals surface area (Å²) in [5.41, 5.74) is 1.79. The van der Waals surface area contributed by atoms with E-state index in [1.54, 1.807) is 6.07 Å². The number of rotatable bonds is 5. The van der Waals surface area contributed by atoms with E-state index in [-0.39, 0.29) is 11.9 Å². The summed E-state index contributed by atoms with van der Waals surface area (Å²) in [6.07, 6.45) is 2.47. The predicted molar refractivity (Wildman–Crippen MR) is 104 cm³/mol. The molecule has 0 radical (unpaired) electrons. The van der Waals surface area contributed by atoms with Crippen LogP contribution < -0.4 is 9.47 Å². The molecule has 2 aromatic carbocycles. The first-order chi connectivity index (χ1) is 13.2. The molecule has 1 atom stereocenters. The number of fused-ring (bicyclic) bond motifs is 1. The molecule has 5 heteroatoms. The van der Waals surface area contributed by atoms with Crippen LogP contribution in [0.1, 0.15) is 34.8 Å². The van der Waals surface area contributed by atoms with Gasteiger partial charge < -0.3 is 19.3 Å². The highest BCUT2D eigenvalue weighted by atomic mass is 16.6. The third kappa shape index (κ3) is 3.93. The van der Waals surface area contributed by atoms with E-state index in [1.165, 1.54) is 12.8 Å². The van der Waals surface area contributed by atoms with Crippen LogP contribution in [0.2, 0.25) is 0 Å². The lowest BCUT2D eigenvalue weighted by molar-refractivity contribution is 0.0695. The maximum atomic E-state index is 13.2. The Hall–Kier alpha value is -2.53. The van der Waals surface area contributed by atoms with Gasteiger partial charge in [-0.1, -0.05) is 30.3 Å². The molecule has 0 saturated carbocycles. The van der Waals surface area contributed by atoms with Crippen molar-refractivity contribution in [1.29, 1.82) is 0 Å². The van der Waals surface area contributed by atoms with Crippen molar-refractivity contribution in [2.45, 2.75) is 18.9 Å². The van der Waals surface area contributed by atoms with Gasteiger partial charge in [0.2, 0.25) is 0 Å². The van der Waals surface area contributed by atoms with Crippen LogP contribution in [0.5, 0.6) is 11.5 Å². The monoisotopic (exact) mass is 366 g/mol. The Morgan fingerprint density at radius 1 is 1.04 bits per heavy atom. The SMILES string of the molecule is CN(C(=O)c1ccc2c(c1)OCCO2)[C@H](CN1CCCC1)c1ccccc1. The number of hydrogen-bond donors (Lipinski definition) is 0. The molecule has 2 aromatic rings. The largest absolute Gasteiger partial charge is 0.486 e. The predicted octanol–water partition coefficient (Wildman–Crippen LogP) is 3.37. The number of likely N-dealkylation sites (N-methyl/N-ethyl adjacent to an activating group) is 1. The summed E-state index contributed by atoms with van der Waals surface area (Å²) >= 11 is 0. The highest BCUT2D eigenvalue weighted by Crippen LogP contribution is 2.32. The number of benzene rings is 2. The van der Waals surface area contributed by atoms with Gasteiger partial charge in [0.25, 0.3) is 5.91 Å². The molecule has 0 N–H and O–H groups in total. The van der Waals surface area contributed by atoms with Gasteiger partial charge in [-0.05, 0) is 49.7 Å². The Bertz CT molecular complexity index is 787. The molecule has 0 aromatic heterocycles. The van der Waals surface area contributed by atoms with Crippen molar-refractivity contribution < 1.29 is 14.3 Å².